The number of piperidine rings is 1. The van der Waals surface area contributed by atoms with Gasteiger partial charge in [-0.3, -0.25) is 4.79 Å². The maximum absolute atomic E-state index is 13.0. The Morgan fingerprint density at radius 3 is 2.35 bits per heavy atom. The van der Waals surface area contributed by atoms with Gasteiger partial charge in [0.2, 0.25) is 5.91 Å². The lowest BCUT2D eigenvalue weighted by Gasteiger charge is -2.39. The maximum atomic E-state index is 13.0. The molecule has 0 bridgehead atoms. The standard InChI is InChI=1S/C24H31N3O4/c1-16(2)25-24(29)27-15-18(10-12-20(27)17-8-6-5-7-9-17)23(28)26-19-11-13-21(30-3)22(14-19)31-4/h5-9,11,13-14,16,18,20H,10,12,15H2,1-4H3,(H,25,29)(H,26,28). The number of carbonyl (C=O) groups excluding carboxylic acids is 2. The van der Waals surface area contributed by atoms with E-state index >= 15 is 0 Å². The minimum Gasteiger partial charge on any atom is -0.493 e. The van der Waals surface area contributed by atoms with E-state index in [9.17, 15) is 9.59 Å². The number of methoxy groups -OCH3 is 2. The molecule has 31 heavy (non-hydrogen) atoms. The first-order valence-electron chi connectivity index (χ1n) is 10.6. The lowest BCUT2D eigenvalue weighted by atomic mass is 9.88. The molecule has 2 unspecified atom stereocenters. The number of hydrogen-bond donors (Lipinski definition) is 2. The predicted octanol–water partition coefficient (Wildman–Crippen LogP) is 4.21. The Morgan fingerprint density at radius 1 is 1.00 bits per heavy atom. The van der Waals surface area contributed by atoms with Gasteiger partial charge in [-0.05, 0) is 44.4 Å². The van der Waals surface area contributed by atoms with E-state index in [-0.39, 0.29) is 29.9 Å². The highest BCUT2D eigenvalue weighted by Gasteiger charge is 2.35. The highest BCUT2D eigenvalue weighted by atomic mass is 16.5. The fourth-order valence-electron chi connectivity index (χ4n) is 3.92. The second-order valence-electron chi connectivity index (χ2n) is 8.02. The summed E-state index contributed by atoms with van der Waals surface area (Å²) < 4.78 is 10.6. The molecule has 1 aliphatic heterocycles. The molecule has 0 aliphatic carbocycles. The van der Waals surface area contributed by atoms with E-state index in [1.165, 1.54) is 0 Å². The summed E-state index contributed by atoms with van der Waals surface area (Å²) in [5.41, 5.74) is 1.71. The van der Waals surface area contributed by atoms with Crippen LogP contribution in [0.2, 0.25) is 0 Å². The second kappa shape index (κ2) is 10.2. The average Bonchev–Trinajstić information content (AvgIpc) is 2.78. The van der Waals surface area contributed by atoms with E-state index in [4.69, 9.17) is 9.47 Å². The summed E-state index contributed by atoms with van der Waals surface area (Å²) >= 11 is 0. The SMILES string of the molecule is COc1ccc(NC(=O)C2CCC(c3ccccc3)N(C(=O)NC(C)C)C2)cc1OC. The summed E-state index contributed by atoms with van der Waals surface area (Å²) in [4.78, 5) is 27.7. The van der Waals surface area contributed by atoms with Gasteiger partial charge in [-0.25, -0.2) is 4.79 Å². The Bertz CT molecular complexity index is 901. The van der Waals surface area contributed by atoms with Crippen LogP contribution in [-0.2, 0) is 4.79 Å². The lowest BCUT2D eigenvalue weighted by molar-refractivity contribution is -0.121. The van der Waals surface area contributed by atoms with Gasteiger partial charge in [0.25, 0.3) is 0 Å². The number of ether oxygens (including phenoxy) is 2. The minimum absolute atomic E-state index is 0.0184. The number of rotatable bonds is 6. The lowest BCUT2D eigenvalue weighted by Crippen LogP contribution is -2.50. The van der Waals surface area contributed by atoms with Gasteiger partial charge in [0.1, 0.15) is 0 Å². The van der Waals surface area contributed by atoms with Crippen LogP contribution in [-0.4, -0.2) is 43.6 Å². The van der Waals surface area contributed by atoms with Crippen LogP contribution in [0.3, 0.4) is 0 Å². The zero-order valence-electron chi connectivity index (χ0n) is 18.6. The molecule has 0 spiro atoms. The van der Waals surface area contributed by atoms with Gasteiger partial charge in [0.05, 0.1) is 26.2 Å². The smallest absolute Gasteiger partial charge is 0.318 e. The molecule has 2 aromatic carbocycles. The third-order valence-electron chi connectivity index (χ3n) is 5.46. The van der Waals surface area contributed by atoms with Crippen molar-refractivity contribution < 1.29 is 19.1 Å². The molecule has 0 aromatic heterocycles. The molecule has 3 rings (SSSR count). The number of likely N-dealkylation sites (tertiary alicyclic amines) is 1. The number of nitrogens with one attached hydrogen (secondary N) is 2. The average molecular weight is 426 g/mol. The summed E-state index contributed by atoms with van der Waals surface area (Å²) in [5.74, 6) is 0.735. The van der Waals surface area contributed by atoms with Crippen molar-refractivity contribution in [2.45, 2.75) is 38.8 Å². The van der Waals surface area contributed by atoms with E-state index < -0.39 is 0 Å². The van der Waals surface area contributed by atoms with Crippen molar-refractivity contribution in [3.63, 3.8) is 0 Å². The van der Waals surface area contributed by atoms with Crippen molar-refractivity contribution in [3.8, 4) is 11.5 Å². The summed E-state index contributed by atoms with van der Waals surface area (Å²) in [6.45, 7) is 4.22. The molecule has 2 N–H and O–H groups in total. The zero-order valence-corrected chi connectivity index (χ0v) is 18.6. The van der Waals surface area contributed by atoms with E-state index in [1.807, 2.05) is 44.2 Å². The summed E-state index contributed by atoms with van der Waals surface area (Å²) in [7, 11) is 3.12. The molecule has 7 heteroatoms. The fraction of sp³-hybridized carbons (Fsp3) is 0.417. The van der Waals surface area contributed by atoms with E-state index in [1.54, 1.807) is 37.3 Å². The number of hydrogen-bond acceptors (Lipinski definition) is 4. The van der Waals surface area contributed by atoms with Crippen LogP contribution in [0.15, 0.2) is 48.5 Å². The van der Waals surface area contributed by atoms with E-state index in [0.717, 1.165) is 12.0 Å². The Morgan fingerprint density at radius 2 is 1.71 bits per heavy atom. The first kappa shape index (κ1) is 22.5. The highest BCUT2D eigenvalue weighted by molar-refractivity contribution is 5.93. The first-order chi connectivity index (χ1) is 14.9. The zero-order chi connectivity index (χ0) is 22.4. The Labute approximate surface area is 183 Å². The van der Waals surface area contributed by atoms with E-state index in [0.29, 0.717) is 30.2 Å². The number of benzene rings is 2. The van der Waals surface area contributed by atoms with Gasteiger partial charge < -0.3 is 25.0 Å². The molecular formula is C24H31N3O4. The highest BCUT2D eigenvalue weighted by Crippen LogP contribution is 2.35. The third kappa shape index (κ3) is 5.48. The Hall–Kier alpha value is -3.22. The van der Waals surface area contributed by atoms with Gasteiger partial charge in [-0.1, -0.05) is 30.3 Å². The van der Waals surface area contributed by atoms with Crippen molar-refractivity contribution in [2.75, 3.05) is 26.1 Å². The number of nitrogens with zero attached hydrogens (tertiary/aromatic N) is 1. The Kier molecular flexibility index (Phi) is 7.39. The largest absolute Gasteiger partial charge is 0.493 e. The summed E-state index contributed by atoms with van der Waals surface area (Å²) in [6.07, 6.45) is 1.42. The fourth-order valence-corrected chi connectivity index (χ4v) is 3.92. The van der Waals surface area contributed by atoms with Crippen LogP contribution >= 0.6 is 0 Å². The predicted molar refractivity (Wildman–Crippen MR) is 120 cm³/mol. The van der Waals surface area contributed by atoms with Crippen LogP contribution in [0.4, 0.5) is 10.5 Å². The molecule has 1 fully saturated rings. The molecule has 3 amide bonds. The van der Waals surface area contributed by atoms with E-state index in [2.05, 4.69) is 10.6 Å². The Balaban J connectivity index is 1.75. The number of anilines is 1. The van der Waals surface area contributed by atoms with Crippen molar-refractivity contribution in [1.29, 1.82) is 0 Å². The molecule has 1 saturated heterocycles. The van der Waals surface area contributed by atoms with Gasteiger partial charge in [-0.15, -0.1) is 0 Å². The molecule has 2 atom stereocenters. The molecule has 1 aliphatic rings. The van der Waals surface area contributed by atoms with Crippen LogP contribution in [0.25, 0.3) is 0 Å². The second-order valence-corrected chi connectivity index (χ2v) is 8.02. The van der Waals surface area contributed by atoms with Crippen molar-refractivity contribution in [1.82, 2.24) is 10.2 Å². The number of amides is 3. The van der Waals surface area contributed by atoms with Gasteiger partial charge >= 0.3 is 6.03 Å². The molecular weight excluding hydrogens is 394 g/mol. The number of urea groups is 1. The van der Waals surface area contributed by atoms with Crippen LogP contribution in [0.5, 0.6) is 11.5 Å². The molecule has 0 saturated carbocycles. The monoisotopic (exact) mass is 425 g/mol. The molecule has 1 heterocycles. The summed E-state index contributed by atoms with van der Waals surface area (Å²) in [5, 5.41) is 5.93. The third-order valence-corrected chi connectivity index (χ3v) is 5.46. The molecule has 7 nitrogen and oxygen atoms in total. The van der Waals surface area contributed by atoms with Crippen LogP contribution in [0, 0.1) is 5.92 Å². The molecule has 166 valence electrons. The van der Waals surface area contributed by atoms with Crippen LogP contribution in [0.1, 0.15) is 38.3 Å². The summed E-state index contributed by atoms with van der Waals surface area (Å²) in [6, 6.07) is 15.1. The molecule has 2 aromatic rings. The van der Waals surface area contributed by atoms with Gasteiger partial charge in [0, 0.05) is 24.3 Å². The van der Waals surface area contributed by atoms with Crippen molar-refractivity contribution in [2.24, 2.45) is 5.92 Å². The topological polar surface area (TPSA) is 79.9 Å². The quantitative estimate of drug-likeness (QED) is 0.726. The van der Waals surface area contributed by atoms with Crippen LogP contribution < -0.4 is 20.1 Å². The van der Waals surface area contributed by atoms with Gasteiger partial charge in [-0.2, -0.15) is 0 Å². The normalized spacial score (nSPS) is 18.4. The minimum atomic E-state index is -0.300. The van der Waals surface area contributed by atoms with Crippen molar-refractivity contribution >= 4 is 17.6 Å². The van der Waals surface area contributed by atoms with Gasteiger partial charge in [0.15, 0.2) is 11.5 Å². The molecule has 0 radical (unpaired) electrons. The van der Waals surface area contributed by atoms with Crippen molar-refractivity contribution in [3.05, 3.63) is 54.1 Å². The maximum Gasteiger partial charge on any atom is 0.318 e. The first-order valence-corrected chi connectivity index (χ1v) is 10.6. The number of carbonyl (C=O) groups is 2.